The van der Waals surface area contributed by atoms with E-state index in [1.807, 2.05) is 18.9 Å². The summed E-state index contributed by atoms with van der Waals surface area (Å²) in [5, 5.41) is 0. The smallest absolute Gasteiger partial charge is 0.232 e. The first-order valence-electron chi connectivity index (χ1n) is 5.66. The van der Waals surface area contributed by atoms with Crippen molar-refractivity contribution in [1.29, 1.82) is 0 Å². The maximum atomic E-state index is 12.3. The highest BCUT2D eigenvalue weighted by Crippen LogP contribution is 2.32. The highest BCUT2D eigenvalue weighted by atomic mass is 16.5. The molecule has 2 rings (SSSR count). The van der Waals surface area contributed by atoms with Gasteiger partial charge in [-0.1, -0.05) is 0 Å². The van der Waals surface area contributed by atoms with Crippen LogP contribution in [0.15, 0.2) is 0 Å². The highest BCUT2D eigenvalue weighted by Gasteiger charge is 2.47. The van der Waals surface area contributed by atoms with Gasteiger partial charge in [-0.2, -0.15) is 0 Å². The van der Waals surface area contributed by atoms with Crippen molar-refractivity contribution in [3.8, 4) is 0 Å². The van der Waals surface area contributed by atoms with E-state index in [-0.39, 0.29) is 11.9 Å². The summed E-state index contributed by atoms with van der Waals surface area (Å²) in [5.74, 6) is 0.150. The van der Waals surface area contributed by atoms with Gasteiger partial charge in [-0.3, -0.25) is 4.79 Å². The van der Waals surface area contributed by atoms with Crippen LogP contribution in [0.25, 0.3) is 0 Å². The van der Waals surface area contributed by atoms with Crippen molar-refractivity contribution in [3.05, 3.63) is 0 Å². The largest absolute Gasteiger partial charge is 0.379 e. The van der Waals surface area contributed by atoms with Gasteiger partial charge in [0.2, 0.25) is 5.91 Å². The van der Waals surface area contributed by atoms with Crippen LogP contribution in [0.3, 0.4) is 0 Å². The van der Waals surface area contributed by atoms with Gasteiger partial charge in [0.25, 0.3) is 0 Å². The fourth-order valence-corrected chi connectivity index (χ4v) is 2.25. The molecule has 86 valence electrons. The summed E-state index contributed by atoms with van der Waals surface area (Å²) in [4.78, 5) is 14.2. The zero-order valence-electron chi connectivity index (χ0n) is 9.53. The van der Waals surface area contributed by atoms with Crippen LogP contribution >= 0.6 is 0 Å². The molecular formula is C11H20N2O2. The molecule has 1 heterocycles. The van der Waals surface area contributed by atoms with Crippen LogP contribution in [0.2, 0.25) is 0 Å². The lowest BCUT2D eigenvalue weighted by atomic mass is 9.82. The number of carbonyl (C=O) groups is 1. The quantitative estimate of drug-likeness (QED) is 0.719. The molecule has 4 nitrogen and oxygen atoms in total. The fourth-order valence-electron chi connectivity index (χ4n) is 2.25. The number of hydrogen-bond donors (Lipinski definition) is 1. The molecule has 2 N–H and O–H groups in total. The van der Waals surface area contributed by atoms with Gasteiger partial charge in [0.1, 0.15) is 0 Å². The van der Waals surface area contributed by atoms with Gasteiger partial charge in [-0.15, -0.1) is 0 Å². The Balaban J connectivity index is 2.05. The second-order valence-corrected chi connectivity index (χ2v) is 5.04. The maximum absolute atomic E-state index is 12.3. The summed E-state index contributed by atoms with van der Waals surface area (Å²) in [6.07, 6.45) is 3.50. The minimum Gasteiger partial charge on any atom is -0.379 e. The number of hydrogen-bond acceptors (Lipinski definition) is 3. The molecule has 2 fully saturated rings. The second kappa shape index (κ2) is 3.76. The first-order valence-corrected chi connectivity index (χ1v) is 5.66. The van der Waals surface area contributed by atoms with Crippen molar-refractivity contribution in [2.24, 2.45) is 11.1 Å². The Bertz CT molecular complexity index is 265. The molecular weight excluding hydrogens is 192 g/mol. The van der Waals surface area contributed by atoms with E-state index < -0.39 is 5.41 Å². The molecule has 1 saturated heterocycles. The van der Waals surface area contributed by atoms with Crippen LogP contribution in [-0.2, 0) is 9.53 Å². The molecule has 4 heteroatoms. The van der Waals surface area contributed by atoms with Crippen molar-refractivity contribution >= 4 is 5.91 Å². The molecule has 0 spiro atoms. The summed E-state index contributed by atoms with van der Waals surface area (Å²) in [6, 6.07) is 0.273. The van der Waals surface area contributed by atoms with Gasteiger partial charge in [0, 0.05) is 19.1 Å². The van der Waals surface area contributed by atoms with Gasteiger partial charge in [0.15, 0.2) is 0 Å². The van der Waals surface area contributed by atoms with Crippen LogP contribution in [0.4, 0.5) is 0 Å². The van der Waals surface area contributed by atoms with E-state index >= 15 is 0 Å². The Labute approximate surface area is 90.8 Å². The lowest BCUT2D eigenvalue weighted by molar-refractivity contribution is -0.144. The van der Waals surface area contributed by atoms with E-state index in [1.165, 1.54) is 6.42 Å². The van der Waals surface area contributed by atoms with Crippen LogP contribution in [0, 0.1) is 5.41 Å². The molecule has 2 unspecified atom stereocenters. The molecule has 2 atom stereocenters. The van der Waals surface area contributed by atoms with Crippen molar-refractivity contribution < 1.29 is 9.53 Å². The van der Waals surface area contributed by atoms with Gasteiger partial charge >= 0.3 is 0 Å². The third-order valence-electron chi connectivity index (χ3n) is 3.95. The third-order valence-corrected chi connectivity index (χ3v) is 3.95. The maximum Gasteiger partial charge on any atom is 0.232 e. The summed E-state index contributed by atoms with van der Waals surface area (Å²) >= 11 is 0. The molecule has 1 aliphatic carbocycles. The molecule has 2 aliphatic rings. The lowest BCUT2D eigenvalue weighted by Crippen LogP contribution is -2.54. The van der Waals surface area contributed by atoms with Gasteiger partial charge in [-0.25, -0.2) is 0 Å². The summed E-state index contributed by atoms with van der Waals surface area (Å²) in [5.41, 5.74) is 5.43. The zero-order chi connectivity index (χ0) is 11.1. The number of rotatable bonds is 2. The van der Waals surface area contributed by atoms with Crippen molar-refractivity contribution in [2.45, 2.75) is 38.3 Å². The summed E-state index contributed by atoms with van der Waals surface area (Å²) in [6.45, 7) is 2.88. The zero-order valence-corrected chi connectivity index (χ0v) is 9.53. The second-order valence-electron chi connectivity index (χ2n) is 5.04. The van der Waals surface area contributed by atoms with Crippen molar-refractivity contribution in [2.75, 3.05) is 20.3 Å². The van der Waals surface area contributed by atoms with Crippen molar-refractivity contribution in [1.82, 2.24) is 4.90 Å². The van der Waals surface area contributed by atoms with E-state index in [2.05, 4.69) is 0 Å². The molecule has 15 heavy (non-hydrogen) atoms. The van der Waals surface area contributed by atoms with Crippen LogP contribution in [0.5, 0.6) is 0 Å². The standard InChI is InChI=1S/C11H20N2O2/c1-11(7-15-6-9(11)12)10(14)13(2)8-4-3-5-8/h8-9H,3-7,12H2,1-2H3. The van der Waals surface area contributed by atoms with Crippen LogP contribution in [0.1, 0.15) is 26.2 Å². The van der Waals surface area contributed by atoms with E-state index in [9.17, 15) is 4.79 Å². The minimum absolute atomic E-state index is 0.150. The normalized spacial score (nSPS) is 36.3. The first kappa shape index (κ1) is 10.9. The Hall–Kier alpha value is -0.610. The molecule has 0 aromatic carbocycles. The molecule has 0 aromatic rings. The van der Waals surface area contributed by atoms with E-state index in [0.29, 0.717) is 19.3 Å². The Morgan fingerprint density at radius 2 is 2.20 bits per heavy atom. The number of carbonyl (C=O) groups excluding carboxylic acids is 1. The Morgan fingerprint density at radius 1 is 1.53 bits per heavy atom. The van der Waals surface area contributed by atoms with Gasteiger partial charge in [0.05, 0.1) is 18.6 Å². The fraction of sp³-hybridized carbons (Fsp3) is 0.909. The molecule has 0 radical (unpaired) electrons. The van der Waals surface area contributed by atoms with Gasteiger partial charge < -0.3 is 15.4 Å². The average Bonchev–Trinajstić information content (AvgIpc) is 2.44. The highest BCUT2D eigenvalue weighted by molar-refractivity contribution is 5.83. The third kappa shape index (κ3) is 1.66. The lowest BCUT2D eigenvalue weighted by Gasteiger charge is -2.39. The number of nitrogens with two attached hydrogens (primary N) is 1. The van der Waals surface area contributed by atoms with E-state index in [0.717, 1.165) is 12.8 Å². The molecule has 0 aromatic heterocycles. The Morgan fingerprint density at radius 3 is 2.60 bits per heavy atom. The first-order chi connectivity index (χ1) is 7.05. The number of nitrogens with zero attached hydrogens (tertiary/aromatic N) is 1. The minimum atomic E-state index is -0.510. The van der Waals surface area contributed by atoms with Crippen molar-refractivity contribution in [3.63, 3.8) is 0 Å². The average molecular weight is 212 g/mol. The molecule has 1 aliphatic heterocycles. The van der Waals surface area contributed by atoms with E-state index in [1.54, 1.807) is 0 Å². The summed E-state index contributed by atoms with van der Waals surface area (Å²) in [7, 11) is 1.89. The monoisotopic (exact) mass is 212 g/mol. The Kier molecular flexibility index (Phi) is 2.73. The SMILES string of the molecule is CN(C(=O)C1(C)COCC1N)C1CCC1. The molecule has 1 saturated carbocycles. The van der Waals surface area contributed by atoms with Crippen LogP contribution in [-0.4, -0.2) is 43.2 Å². The van der Waals surface area contributed by atoms with Crippen LogP contribution < -0.4 is 5.73 Å². The number of ether oxygens (including phenoxy) is 1. The topological polar surface area (TPSA) is 55.6 Å². The molecule has 0 bridgehead atoms. The predicted octanol–water partition coefficient (Wildman–Crippen LogP) is 0.361. The predicted molar refractivity (Wildman–Crippen MR) is 57.3 cm³/mol. The number of amides is 1. The summed E-state index contributed by atoms with van der Waals surface area (Å²) < 4.78 is 5.30. The molecule has 1 amide bonds. The van der Waals surface area contributed by atoms with Gasteiger partial charge in [-0.05, 0) is 26.2 Å². The van der Waals surface area contributed by atoms with E-state index in [4.69, 9.17) is 10.5 Å².